The minimum atomic E-state index is -3.20. The minimum Gasteiger partial charge on any atom is -0.381 e. The molecule has 0 spiro atoms. The van der Waals surface area contributed by atoms with Crippen molar-refractivity contribution >= 4 is 26.9 Å². The molecule has 2 fully saturated rings. The standard InChI is InChI=1S/C20H31N5O3S/c1-14(28-3)16-5-8-25(9-6-16)29(26,27)12-15-10-17(11-15)24(2)20-18-4-7-21-19(18)22-13-23-20/h4,7,13-17H,5-6,8-12H2,1-3H3,(H,21,22,23)/t14-,15-,17+/m1/s1. The summed E-state index contributed by atoms with van der Waals surface area (Å²) in [5.74, 6) is 1.82. The molecule has 1 saturated heterocycles. The van der Waals surface area contributed by atoms with Gasteiger partial charge in [0.1, 0.15) is 17.8 Å². The molecule has 0 aromatic carbocycles. The van der Waals surface area contributed by atoms with Crippen LogP contribution < -0.4 is 4.90 Å². The predicted molar refractivity (Wildman–Crippen MR) is 113 cm³/mol. The van der Waals surface area contributed by atoms with Gasteiger partial charge in [0, 0.05) is 39.5 Å². The van der Waals surface area contributed by atoms with E-state index in [-0.39, 0.29) is 17.8 Å². The fourth-order valence-corrected chi connectivity index (χ4v) is 6.53. The van der Waals surface area contributed by atoms with Gasteiger partial charge in [0.15, 0.2) is 0 Å². The van der Waals surface area contributed by atoms with E-state index in [1.165, 1.54) is 0 Å². The molecule has 2 aromatic rings. The van der Waals surface area contributed by atoms with Gasteiger partial charge in [0.2, 0.25) is 10.0 Å². The molecule has 1 aliphatic heterocycles. The molecule has 8 nitrogen and oxygen atoms in total. The van der Waals surface area contributed by atoms with Crippen LogP contribution in [0, 0.1) is 11.8 Å². The van der Waals surface area contributed by atoms with Crippen molar-refractivity contribution in [3.63, 3.8) is 0 Å². The lowest BCUT2D eigenvalue weighted by Crippen LogP contribution is -2.48. The van der Waals surface area contributed by atoms with Crippen molar-refractivity contribution < 1.29 is 13.2 Å². The summed E-state index contributed by atoms with van der Waals surface area (Å²) in [5, 5.41) is 0.999. The number of hydrogen-bond acceptors (Lipinski definition) is 6. The molecule has 1 saturated carbocycles. The van der Waals surface area contributed by atoms with Gasteiger partial charge in [0.05, 0.1) is 17.2 Å². The van der Waals surface area contributed by atoms with Crippen LogP contribution in [0.5, 0.6) is 0 Å². The lowest BCUT2D eigenvalue weighted by atomic mass is 9.81. The molecule has 2 aromatic heterocycles. The van der Waals surface area contributed by atoms with Gasteiger partial charge in [0.25, 0.3) is 0 Å². The highest BCUT2D eigenvalue weighted by molar-refractivity contribution is 7.89. The van der Waals surface area contributed by atoms with Crippen molar-refractivity contribution in [3.05, 3.63) is 18.6 Å². The van der Waals surface area contributed by atoms with Crippen LogP contribution in [0.15, 0.2) is 18.6 Å². The Morgan fingerprint density at radius 1 is 1.31 bits per heavy atom. The van der Waals surface area contributed by atoms with E-state index in [1.807, 2.05) is 19.3 Å². The Hall–Kier alpha value is -1.71. The van der Waals surface area contributed by atoms with Crippen LogP contribution in [0.2, 0.25) is 0 Å². The number of nitrogens with one attached hydrogen (secondary N) is 1. The molecule has 1 aliphatic carbocycles. The van der Waals surface area contributed by atoms with Gasteiger partial charge < -0.3 is 14.6 Å². The maximum Gasteiger partial charge on any atom is 0.214 e. The summed E-state index contributed by atoms with van der Waals surface area (Å²) >= 11 is 0. The average Bonchev–Trinajstić information content (AvgIpc) is 3.18. The third-order valence-corrected chi connectivity index (χ3v) is 8.84. The van der Waals surface area contributed by atoms with Crippen LogP contribution in [0.4, 0.5) is 5.82 Å². The molecule has 0 unspecified atom stereocenters. The van der Waals surface area contributed by atoms with Crippen molar-refractivity contribution in [3.8, 4) is 0 Å². The highest BCUT2D eigenvalue weighted by Gasteiger charge is 2.38. The highest BCUT2D eigenvalue weighted by atomic mass is 32.2. The zero-order valence-corrected chi connectivity index (χ0v) is 18.2. The van der Waals surface area contributed by atoms with E-state index in [1.54, 1.807) is 17.7 Å². The minimum absolute atomic E-state index is 0.191. The number of aromatic nitrogens is 3. The van der Waals surface area contributed by atoms with Crippen molar-refractivity contribution in [2.45, 2.75) is 44.8 Å². The lowest BCUT2D eigenvalue weighted by Gasteiger charge is -2.42. The van der Waals surface area contributed by atoms with Crippen molar-refractivity contribution in [1.82, 2.24) is 19.3 Å². The third kappa shape index (κ3) is 4.13. The fourth-order valence-electron chi connectivity index (χ4n) is 4.68. The van der Waals surface area contributed by atoms with E-state index in [0.717, 1.165) is 42.5 Å². The molecule has 0 bridgehead atoms. The number of sulfonamides is 1. The summed E-state index contributed by atoms with van der Waals surface area (Å²) < 4.78 is 32.9. The van der Waals surface area contributed by atoms with Crippen LogP contribution in [-0.2, 0) is 14.8 Å². The molecule has 0 radical (unpaired) electrons. The first-order valence-corrected chi connectivity index (χ1v) is 12.0. The normalized spacial score (nSPS) is 25.1. The molecular formula is C20H31N5O3S. The average molecular weight is 422 g/mol. The Kier molecular flexibility index (Phi) is 5.81. The summed E-state index contributed by atoms with van der Waals surface area (Å²) in [5.41, 5.74) is 0.825. The Balaban J connectivity index is 1.31. The molecular weight excluding hydrogens is 390 g/mol. The first-order valence-electron chi connectivity index (χ1n) is 10.4. The molecule has 29 heavy (non-hydrogen) atoms. The molecule has 160 valence electrons. The van der Waals surface area contributed by atoms with E-state index in [4.69, 9.17) is 4.74 Å². The molecule has 1 atom stereocenters. The van der Waals surface area contributed by atoms with Crippen LogP contribution in [-0.4, -0.2) is 72.8 Å². The molecule has 2 aliphatic rings. The predicted octanol–water partition coefficient (Wildman–Crippen LogP) is 2.25. The number of rotatable bonds is 7. The number of methoxy groups -OCH3 is 1. The Morgan fingerprint density at radius 3 is 2.72 bits per heavy atom. The first-order chi connectivity index (χ1) is 13.9. The zero-order valence-electron chi connectivity index (χ0n) is 17.4. The lowest BCUT2D eigenvalue weighted by molar-refractivity contribution is 0.0450. The smallest absolute Gasteiger partial charge is 0.214 e. The summed E-state index contributed by atoms with van der Waals surface area (Å²) in [7, 11) is 0.561. The molecule has 0 amide bonds. The van der Waals surface area contributed by atoms with E-state index in [9.17, 15) is 8.42 Å². The summed E-state index contributed by atoms with van der Waals surface area (Å²) in [6.45, 7) is 3.30. The van der Waals surface area contributed by atoms with Crippen molar-refractivity contribution in [2.24, 2.45) is 11.8 Å². The number of H-pyrrole nitrogens is 1. The van der Waals surface area contributed by atoms with Gasteiger partial charge in [-0.25, -0.2) is 22.7 Å². The van der Waals surface area contributed by atoms with E-state index < -0.39 is 10.0 Å². The third-order valence-electron chi connectivity index (χ3n) is 6.80. The van der Waals surface area contributed by atoms with E-state index in [0.29, 0.717) is 25.0 Å². The van der Waals surface area contributed by atoms with Crippen LogP contribution >= 0.6 is 0 Å². The number of aromatic amines is 1. The second-order valence-corrected chi connectivity index (χ2v) is 10.5. The monoisotopic (exact) mass is 421 g/mol. The van der Waals surface area contributed by atoms with Crippen LogP contribution in [0.1, 0.15) is 32.6 Å². The Bertz CT molecular complexity index is 932. The maximum absolute atomic E-state index is 12.9. The van der Waals surface area contributed by atoms with Crippen LogP contribution in [0.3, 0.4) is 0 Å². The van der Waals surface area contributed by atoms with Gasteiger partial charge in [-0.3, -0.25) is 0 Å². The number of anilines is 1. The number of nitrogens with zero attached hydrogens (tertiary/aromatic N) is 4. The molecule has 9 heteroatoms. The topological polar surface area (TPSA) is 91.4 Å². The molecule has 1 N–H and O–H groups in total. The Morgan fingerprint density at radius 2 is 2.03 bits per heavy atom. The van der Waals surface area contributed by atoms with Crippen molar-refractivity contribution in [2.75, 3.05) is 37.9 Å². The number of piperidine rings is 1. The Labute approximate surface area is 172 Å². The highest BCUT2D eigenvalue weighted by Crippen LogP contribution is 2.36. The van der Waals surface area contributed by atoms with Gasteiger partial charge in [-0.15, -0.1) is 0 Å². The van der Waals surface area contributed by atoms with Crippen LogP contribution in [0.25, 0.3) is 11.0 Å². The van der Waals surface area contributed by atoms with Gasteiger partial charge in [-0.1, -0.05) is 0 Å². The molecule has 3 heterocycles. The second-order valence-electron chi connectivity index (χ2n) is 8.50. The number of ether oxygens (including phenoxy) is 1. The fraction of sp³-hybridized carbons (Fsp3) is 0.700. The van der Waals surface area contributed by atoms with Gasteiger partial charge >= 0.3 is 0 Å². The second kappa shape index (κ2) is 8.20. The SMILES string of the molecule is CO[C@H](C)C1CCN(S(=O)(=O)C[C@H]2C[C@@H](N(C)c3ncnc4[nH]ccc34)C2)CC1. The first kappa shape index (κ1) is 20.6. The quantitative estimate of drug-likeness (QED) is 0.737. The van der Waals surface area contributed by atoms with E-state index >= 15 is 0 Å². The zero-order chi connectivity index (χ0) is 20.6. The molecule has 4 rings (SSSR count). The van der Waals surface area contributed by atoms with Crippen molar-refractivity contribution in [1.29, 1.82) is 0 Å². The summed E-state index contributed by atoms with van der Waals surface area (Å²) in [4.78, 5) is 14.0. The van der Waals surface area contributed by atoms with Gasteiger partial charge in [-0.05, 0) is 50.5 Å². The van der Waals surface area contributed by atoms with Gasteiger partial charge in [-0.2, -0.15) is 0 Å². The number of fused-ring (bicyclic) bond motifs is 1. The summed E-state index contributed by atoms with van der Waals surface area (Å²) in [6.07, 6.45) is 7.14. The maximum atomic E-state index is 12.9. The number of hydrogen-bond donors (Lipinski definition) is 1. The largest absolute Gasteiger partial charge is 0.381 e. The summed E-state index contributed by atoms with van der Waals surface area (Å²) in [6, 6.07) is 2.30. The van der Waals surface area contributed by atoms with E-state index in [2.05, 4.69) is 26.8 Å².